The summed E-state index contributed by atoms with van der Waals surface area (Å²) < 4.78 is 0. The van der Waals surface area contributed by atoms with Crippen LogP contribution >= 0.6 is 11.8 Å². The van der Waals surface area contributed by atoms with Crippen LogP contribution in [0.3, 0.4) is 0 Å². The van der Waals surface area contributed by atoms with E-state index in [1.165, 1.54) is 5.69 Å². The molecule has 0 aromatic heterocycles. The standard InChI is InChI=1S/C30H29N3OS/c1-4-32(5-2)25-17-19-27-29(21-25)35-28-20-24(31(3)23-14-10-7-11-15-23)16-18-26(28)33(27)30(34)22-12-8-6-9-13-22/h6-21H,4-5H2,1-3H3. The first-order chi connectivity index (χ1) is 17.1. The Hall–Kier alpha value is -3.70. The molecule has 1 amide bonds. The maximum atomic E-state index is 13.8. The highest BCUT2D eigenvalue weighted by atomic mass is 32.2. The van der Waals surface area contributed by atoms with Gasteiger partial charge in [0, 0.05) is 52.6 Å². The molecule has 0 spiro atoms. The molecule has 1 heterocycles. The number of hydrogen-bond acceptors (Lipinski definition) is 4. The molecule has 0 N–H and O–H groups in total. The van der Waals surface area contributed by atoms with Gasteiger partial charge in [0.25, 0.3) is 5.91 Å². The topological polar surface area (TPSA) is 26.8 Å². The molecule has 0 saturated carbocycles. The van der Waals surface area contributed by atoms with Gasteiger partial charge in [0.15, 0.2) is 0 Å². The van der Waals surface area contributed by atoms with E-state index in [-0.39, 0.29) is 5.91 Å². The molecule has 4 aromatic rings. The van der Waals surface area contributed by atoms with E-state index in [2.05, 4.69) is 79.2 Å². The van der Waals surface area contributed by atoms with Crippen molar-refractivity contribution in [3.05, 3.63) is 103 Å². The molecule has 0 atom stereocenters. The second kappa shape index (κ2) is 9.88. The van der Waals surface area contributed by atoms with Crippen molar-refractivity contribution in [3.63, 3.8) is 0 Å². The number of hydrogen-bond donors (Lipinski definition) is 0. The molecule has 0 aliphatic carbocycles. The summed E-state index contributed by atoms with van der Waals surface area (Å²) >= 11 is 1.73. The average Bonchev–Trinajstić information content (AvgIpc) is 2.92. The Bertz CT molecular complexity index is 1340. The summed E-state index contributed by atoms with van der Waals surface area (Å²) in [5.74, 6) is -0.0202. The Morgan fingerprint density at radius 3 is 1.86 bits per heavy atom. The van der Waals surface area contributed by atoms with Crippen LogP contribution in [-0.4, -0.2) is 26.0 Å². The molecule has 35 heavy (non-hydrogen) atoms. The third-order valence-electron chi connectivity index (χ3n) is 6.47. The second-order valence-electron chi connectivity index (χ2n) is 8.48. The van der Waals surface area contributed by atoms with E-state index >= 15 is 0 Å². The van der Waals surface area contributed by atoms with Crippen LogP contribution in [0.15, 0.2) is 107 Å². The van der Waals surface area contributed by atoms with Crippen molar-refractivity contribution in [2.75, 3.05) is 34.8 Å². The van der Waals surface area contributed by atoms with Crippen LogP contribution in [0.25, 0.3) is 0 Å². The number of rotatable bonds is 6. The Balaban J connectivity index is 1.61. The lowest BCUT2D eigenvalue weighted by atomic mass is 10.1. The normalized spacial score (nSPS) is 12.0. The molecule has 0 bridgehead atoms. The minimum atomic E-state index is -0.0202. The maximum Gasteiger partial charge on any atom is 0.262 e. The summed E-state index contributed by atoms with van der Waals surface area (Å²) in [6, 6.07) is 32.6. The van der Waals surface area contributed by atoms with Crippen molar-refractivity contribution in [1.29, 1.82) is 0 Å². The number of para-hydroxylation sites is 1. The van der Waals surface area contributed by atoms with Gasteiger partial charge in [-0.3, -0.25) is 9.69 Å². The third-order valence-corrected chi connectivity index (χ3v) is 7.57. The van der Waals surface area contributed by atoms with Gasteiger partial charge in [-0.2, -0.15) is 0 Å². The molecule has 1 aliphatic rings. The van der Waals surface area contributed by atoms with Gasteiger partial charge in [0.05, 0.1) is 11.4 Å². The van der Waals surface area contributed by atoms with E-state index in [0.717, 1.165) is 45.6 Å². The maximum absolute atomic E-state index is 13.8. The van der Waals surface area contributed by atoms with Crippen LogP contribution in [-0.2, 0) is 0 Å². The summed E-state index contributed by atoms with van der Waals surface area (Å²) in [6.45, 7) is 6.22. The molecule has 4 aromatic carbocycles. The zero-order chi connectivity index (χ0) is 24.4. The molecule has 0 saturated heterocycles. The Morgan fingerprint density at radius 2 is 1.26 bits per heavy atom. The molecule has 5 rings (SSSR count). The molecule has 1 aliphatic heterocycles. The molecule has 4 nitrogen and oxygen atoms in total. The van der Waals surface area contributed by atoms with Gasteiger partial charge >= 0.3 is 0 Å². The zero-order valence-electron chi connectivity index (χ0n) is 20.3. The van der Waals surface area contributed by atoms with E-state index < -0.39 is 0 Å². The SMILES string of the molecule is CCN(CC)c1ccc2c(c1)Sc1cc(N(C)c3ccccc3)ccc1N2C(=O)c1ccccc1. The van der Waals surface area contributed by atoms with Crippen LogP contribution < -0.4 is 14.7 Å². The third kappa shape index (κ3) is 4.40. The van der Waals surface area contributed by atoms with Crippen LogP contribution in [0.4, 0.5) is 28.4 Å². The molecule has 0 fully saturated rings. The predicted octanol–water partition coefficient (Wildman–Crippen LogP) is 7.74. The number of amides is 1. The first-order valence-electron chi connectivity index (χ1n) is 12.0. The largest absolute Gasteiger partial charge is 0.372 e. The van der Waals surface area contributed by atoms with Crippen LogP contribution in [0.2, 0.25) is 0 Å². The Kier molecular flexibility index (Phi) is 6.51. The average molecular weight is 480 g/mol. The monoisotopic (exact) mass is 479 g/mol. The van der Waals surface area contributed by atoms with E-state index in [0.29, 0.717) is 5.56 Å². The van der Waals surface area contributed by atoms with Gasteiger partial charge < -0.3 is 9.80 Å². The fourth-order valence-corrected chi connectivity index (χ4v) is 5.63. The van der Waals surface area contributed by atoms with Crippen LogP contribution in [0.5, 0.6) is 0 Å². The van der Waals surface area contributed by atoms with Crippen molar-refractivity contribution in [1.82, 2.24) is 0 Å². The van der Waals surface area contributed by atoms with Gasteiger partial charge in [-0.15, -0.1) is 0 Å². The highest BCUT2D eigenvalue weighted by Crippen LogP contribution is 2.51. The van der Waals surface area contributed by atoms with Gasteiger partial charge in [-0.25, -0.2) is 0 Å². The summed E-state index contributed by atoms with van der Waals surface area (Å²) in [5.41, 5.74) is 5.89. The first-order valence-corrected chi connectivity index (χ1v) is 12.8. The lowest BCUT2D eigenvalue weighted by molar-refractivity contribution is 0.0998. The minimum Gasteiger partial charge on any atom is -0.372 e. The molecule has 0 radical (unpaired) electrons. The van der Waals surface area contributed by atoms with Crippen LogP contribution in [0, 0.1) is 0 Å². The van der Waals surface area contributed by atoms with Gasteiger partial charge in [0.2, 0.25) is 0 Å². The molecular weight excluding hydrogens is 450 g/mol. The first kappa shape index (κ1) is 23.1. The van der Waals surface area contributed by atoms with Gasteiger partial charge in [0.1, 0.15) is 0 Å². The lowest BCUT2D eigenvalue weighted by Crippen LogP contribution is -2.29. The summed E-state index contributed by atoms with van der Waals surface area (Å²) in [4.78, 5) is 22.3. The molecule has 0 unspecified atom stereocenters. The fraction of sp³-hybridized carbons (Fsp3) is 0.167. The van der Waals surface area contributed by atoms with E-state index in [4.69, 9.17) is 0 Å². The summed E-state index contributed by atoms with van der Waals surface area (Å²) in [6.07, 6.45) is 0. The molecule has 176 valence electrons. The van der Waals surface area contributed by atoms with E-state index in [9.17, 15) is 4.79 Å². The van der Waals surface area contributed by atoms with Gasteiger partial charge in [-0.05, 0) is 74.5 Å². The molecule has 5 heteroatoms. The Labute approximate surface area is 211 Å². The Morgan fingerprint density at radius 1 is 0.714 bits per heavy atom. The number of fused-ring (bicyclic) bond motifs is 2. The van der Waals surface area contributed by atoms with E-state index in [1.54, 1.807) is 11.8 Å². The van der Waals surface area contributed by atoms with Crippen molar-refractivity contribution < 1.29 is 4.79 Å². The lowest BCUT2D eigenvalue weighted by Gasteiger charge is -2.33. The van der Waals surface area contributed by atoms with E-state index in [1.807, 2.05) is 53.4 Å². The second-order valence-corrected chi connectivity index (χ2v) is 9.56. The highest BCUT2D eigenvalue weighted by Gasteiger charge is 2.30. The predicted molar refractivity (Wildman–Crippen MR) is 148 cm³/mol. The minimum absolute atomic E-state index is 0.0202. The quantitative estimate of drug-likeness (QED) is 0.282. The summed E-state index contributed by atoms with van der Waals surface area (Å²) in [5, 5.41) is 0. The smallest absolute Gasteiger partial charge is 0.262 e. The van der Waals surface area contributed by atoms with Crippen LogP contribution in [0.1, 0.15) is 24.2 Å². The summed E-state index contributed by atoms with van der Waals surface area (Å²) in [7, 11) is 2.07. The number of carbonyl (C=O) groups is 1. The number of nitrogens with zero attached hydrogens (tertiary/aromatic N) is 3. The zero-order valence-corrected chi connectivity index (χ0v) is 21.1. The fourth-order valence-electron chi connectivity index (χ4n) is 4.51. The van der Waals surface area contributed by atoms with Crippen molar-refractivity contribution in [2.45, 2.75) is 23.6 Å². The van der Waals surface area contributed by atoms with Crippen molar-refractivity contribution >= 4 is 46.1 Å². The van der Waals surface area contributed by atoms with Crippen molar-refractivity contribution in [3.8, 4) is 0 Å². The number of benzene rings is 4. The molecular formula is C30H29N3OS. The highest BCUT2D eigenvalue weighted by molar-refractivity contribution is 7.99. The number of anilines is 5. The van der Waals surface area contributed by atoms with Gasteiger partial charge in [-0.1, -0.05) is 48.2 Å². The van der Waals surface area contributed by atoms with Crippen molar-refractivity contribution in [2.24, 2.45) is 0 Å². The number of carbonyl (C=O) groups excluding carboxylic acids is 1.